The van der Waals surface area contributed by atoms with Gasteiger partial charge < -0.3 is 10.2 Å². The molecule has 7 nitrogen and oxygen atoms in total. The zero-order chi connectivity index (χ0) is 25.8. The molecule has 0 saturated heterocycles. The van der Waals surface area contributed by atoms with E-state index in [-0.39, 0.29) is 12.5 Å². The Labute approximate surface area is 208 Å². The van der Waals surface area contributed by atoms with Crippen LogP contribution in [0.3, 0.4) is 0 Å². The van der Waals surface area contributed by atoms with Crippen LogP contribution in [0.1, 0.15) is 44.4 Å². The molecule has 2 aromatic carbocycles. The molecule has 0 saturated carbocycles. The predicted octanol–water partition coefficient (Wildman–Crippen LogP) is 4.05. The van der Waals surface area contributed by atoms with Crippen molar-refractivity contribution < 1.29 is 18.0 Å². The van der Waals surface area contributed by atoms with Crippen molar-refractivity contribution in [3.05, 3.63) is 64.2 Å². The zero-order valence-electron chi connectivity index (χ0n) is 20.8. The van der Waals surface area contributed by atoms with E-state index in [2.05, 4.69) is 5.32 Å². The maximum atomic E-state index is 13.5. The van der Waals surface area contributed by atoms with Crippen LogP contribution >= 0.6 is 11.6 Å². The Morgan fingerprint density at radius 3 is 2.15 bits per heavy atom. The first-order chi connectivity index (χ1) is 15.6. The molecule has 0 unspecified atom stereocenters. The van der Waals surface area contributed by atoms with Crippen molar-refractivity contribution in [1.29, 1.82) is 0 Å². The van der Waals surface area contributed by atoms with E-state index in [0.717, 1.165) is 21.7 Å². The molecule has 0 bridgehead atoms. The second kappa shape index (κ2) is 10.8. The van der Waals surface area contributed by atoms with Crippen LogP contribution in [0.25, 0.3) is 0 Å². The molecule has 2 rings (SSSR count). The minimum atomic E-state index is -3.79. The van der Waals surface area contributed by atoms with E-state index in [9.17, 15) is 18.0 Å². The van der Waals surface area contributed by atoms with Crippen LogP contribution in [-0.2, 0) is 26.2 Å². The Hall–Kier alpha value is -2.58. The average molecular weight is 508 g/mol. The van der Waals surface area contributed by atoms with E-state index in [1.807, 2.05) is 52.0 Å². The Morgan fingerprint density at radius 2 is 1.65 bits per heavy atom. The van der Waals surface area contributed by atoms with Crippen LogP contribution in [0.2, 0.25) is 5.02 Å². The first-order valence-electron chi connectivity index (χ1n) is 11.0. The highest BCUT2D eigenvalue weighted by molar-refractivity contribution is 7.92. The van der Waals surface area contributed by atoms with Gasteiger partial charge in [0, 0.05) is 17.1 Å². The van der Waals surface area contributed by atoms with Gasteiger partial charge in [0.15, 0.2) is 0 Å². The molecule has 2 amide bonds. The highest BCUT2D eigenvalue weighted by Gasteiger charge is 2.31. The third kappa shape index (κ3) is 7.74. The normalized spacial score (nSPS) is 12.7. The van der Waals surface area contributed by atoms with Crippen molar-refractivity contribution in [2.75, 3.05) is 17.1 Å². The molecule has 1 N–H and O–H groups in total. The lowest BCUT2D eigenvalue weighted by Gasteiger charge is -2.33. The molecule has 2 aromatic rings. The second-order valence-electron chi connectivity index (χ2n) is 9.62. The monoisotopic (exact) mass is 507 g/mol. The molecular weight excluding hydrogens is 474 g/mol. The summed E-state index contributed by atoms with van der Waals surface area (Å²) < 4.78 is 26.4. The third-order valence-electron chi connectivity index (χ3n) is 5.25. The maximum Gasteiger partial charge on any atom is 0.244 e. The zero-order valence-corrected chi connectivity index (χ0v) is 22.4. The minimum absolute atomic E-state index is 0.162. The van der Waals surface area contributed by atoms with Gasteiger partial charge in [0.25, 0.3) is 0 Å². The molecule has 0 aliphatic rings. The molecule has 0 aliphatic carbocycles. The van der Waals surface area contributed by atoms with Gasteiger partial charge >= 0.3 is 0 Å². The Balaban J connectivity index is 2.43. The van der Waals surface area contributed by atoms with E-state index in [1.54, 1.807) is 32.0 Å². The van der Waals surface area contributed by atoms with Gasteiger partial charge in [-0.25, -0.2) is 8.42 Å². The van der Waals surface area contributed by atoms with E-state index in [1.165, 1.54) is 4.90 Å². The molecule has 34 heavy (non-hydrogen) atoms. The SMILES string of the molecule is Cc1ccc(CN(C(=O)CN(c2ccc(Cl)cc2C)S(C)(=O)=O)[C@@H](C)C(=O)NC(C)(C)C)cc1. The summed E-state index contributed by atoms with van der Waals surface area (Å²) >= 11 is 6.03. The average Bonchev–Trinajstić information content (AvgIpc) is 2.69. The first kappa shape index (κ1) is 27.7. The molecule has 0 spiro atoms. The summed E-state index contributed by atoms with van der Waals surface area (Å²) in [6.45, 7) is 10.6. The number of rotatable bonds is 8. The molecule has 1 atom stereocenters. The van der Waals surface area contributed by atoms with Crippen LogP contribution in [0.4, 0.5) is 5.69 Å². The fourth-order valence-corrected chi connectivity index (χ4v) is 4.57. The summed E-state index contributed by atoms with van der Waals surface area (Å²) in [6.07, 6.45) is 1.05. The second-order valence-corrected chi connectivity index (χ2v) is 12.0. The minimum Gasteiger partial charge on any atom is -0.350 e. The lowest BCUT2D eigenvalue weighted by Crippen LogP contribution is -2.54. The lowest BCUT2D eigenvalue weighted by molar-refractivity contribution is -0.140. The summed E-state index contributed by atoms with van der Waals surface area (Å²) in [6, 6.07) is 11.6. The topological polar surface area (TPSA) is 86.8 Å². The smallest absolute Gasteiger partial charge is 0.244 e. The van der Waals surface area contributed by atoms with Crippen molar-refractivity contribution in [3.8, 4) is 0 Å². The van der Waals surface area contributed by atoms with E-state index < -0.39 is 34.1 Å². The number of anilines is 1. The standard InChI is InChI=1S/C25H34ClN3O4S/c1-17-8-10-20(11-9-17)15-28(19(3)24(31)27-25(4,5)6)23(30)16-29(34(7,32)33)22-13-12-21(26)14-18(22)2/h8-14,19H,15-16H2,1-7H3,(H,27,31)/t19-/m0/s1. The summed E-state index contributed by atoms with van der Waals surface area (Å²) in [7, 11) is -3.79. The number of halogens is 1. The molecule has 0 heterocycles. The molecule has 186 valence electrons. The molecule has 0 radical (unpaired) electrons. The van der Waals surface area contributed by atoms with Crippen molar-refractivity contribution in [1.82, 2.24) is 10.2 Å². The van der Waals surface area contributed by atoms with Crippen molar-refractivity contribution >= 4 is 39.1 Å². The summed E-state index contributed by atoms with van der Waals surface area (Å²) in [5.74, 6) is -0.807. The van der Waals surface area contributed by atoms with Crippen molar-refractivity contribution in [3.63, 3.8) is 0 Å². The number of benzene rings is 2. The number of hydrogen-bond donors (Lipinski definition) is 1. The summed E-state index contributed by atoms with van der Waals surface area (Å²) in [5.41, 5.74) is 2.41. The van der Waals surface area contributed by atoms with Gasteiger partial charge in [-0.05, 0) is 70.9 Å². The van der Waals surface area contributed by atoms with Gasteiger partial charge in [0.1, 0.15) is 12.6 Å². The number of aryl methyl sites for hydroxylation is 2. The summed E-state index contributed by atoms with van der Waals surface area (Å²) in [5, 5.41) is 3.37. The van der Waals surface area contributed by atoms with Gasteiger partial charge in [-0.2, -0.15) is 0 Å². The maximum absolute atomic E-state index is 13.5. The van der Waals surface area contributed by atoms with Gasteiger partial charge in [0.2, 0.25) is 21.8 Å². The number of nitrogens with one attached hydrogen (secondary N) is 1. The molecule has 9 heteroatoms. The Kier molecular flexibility index (Phi) is 8.77. The lowest BCUT2D eigenvalue weighted by atomic mass is 10.1. The van der Waals surface area contributed by atoms with Crippen LogP contribution < -0.4 is 9.62 Å². The molecule has 0 aromatic heterocycles. The Morgan fingerprint density at radius 1 is 1.06 bits per heavy atom. The quantitative estimate of drug-likeness (QED) is 0.583. The molecule has 0 aliphatic heterocycles. The summed E-state index contributed by atoms with van der Waals surface area (Å²) in [4.78, 5) is 27.9. The van der Waals surface area contributed by atoms with Gasteiger partial charge in [-0.15, -0.1) is 0 Å². The fourth-order valence-electron chi connectivity index (χ4n) is 3.44. The highest BCUT2D eigenvalue weighted by Crippen LogP contribution is 2.26. The van der Waals surface area contributed by atoms with Gasteiger partial charge in [-0.3, -0.25) is 13.9 Å². The molecule has 0 fully saturated rings. The highest BCUT2D eigenvalue weighted by atomic mass is 35.5. The van der Waals surface area contributed by atoms with Crippen LogP contribution in [-0.4, -0.2) is 49.5 Å². The largest absolute Gasteiger partial charge is 0.350 e. The first-order valence-corrected chi connectivity index (χ1v) is 13.2. The Bertz CT molecular complexity index is 1140. The number of carbonyl (C=O) groups excluding carboxylic acids is 2. The van der Waals surface area contributed by atoms with Crippen LogP contribution in [0, 0.1) is 13.8 Å². The van der Waals surface area contributed by atoms with E-state index in [4.69, 9.17) is 11.6 Å². The van der Waals surface area contributed by atoms with Gasteiger partial charge in [0.05, 0.1) is 11.9 Å². The molecular formula is C25H34ClN3O4S. The van der Waals surface area contributed by atoms with Crippen molar-refractivity contribution in [2.45, 2.75) is 59.7 Å². The van der Waals surface area contributed by atoms with Crippen LogP contribution in [0.5, 0.6) is 0 Å². The number of carbonyl (C=O) groups is 2. The third-order valence-corrected chi connectivity index (χ3v) is 6.61. The number of amides is 2. The predicted molar refractivity (Wildman–Crippen MR) is 137 cm³/mol. The number of nitrogens with zero attached hydrogens (tertiary/aromatic N) is 2. The fraction of sp³-hybridized carbons (Fsp3) is 0.440. The van der Waals surface area contributed by atoms with Crippen LogP contribution in [0.15, 0.2) is 42.5 Å². The van der Waals surface area contributed by atoms with E-state index >= 15 is 0 Å². The van der Waals surface area contributed by atoms with E-state index in [0.29, 0.717) is 16.3 Å². The van der Waals surface area contributed by atoms with Gasteiger partial charge in [-0.1, -0.05) is 41.4 Å². The number of sulfonamides is 1. The van der Waals surface area contributed by atoms with Crippen molar-refractivity contribution in [2.24, 2.45) is 0 Å². The number of hydrogen-bond acceptors (Lipinski definition) is 4.